The summed E-state index contributed by atoms with van der Waals surface area (Å²) in [7, 11) is 1.49. The topological polar surface area (TPSA) is 39.4 Å². The van der Waals surface area contributed by atoms with Gasteiger partial charge in [-0.1, -0.05) is 19.8 Å². The van der Waals surface area contributed by atoms with Gasteiger partial charge >= 0.3 is 5.63 Å². The minimum absolute atomic E-state index is 0.295. The van der Waals surface area contributed by atoms with E-state index in [2.05, 4.69) is 6.92 Å². The summed E-state index contributed by atoms with van der Waals surface area (Å²) < 4.78 is 9.67. The summed E-state index contributed by atoms with van der Waals surface area (Å²) in [5.41, 5.74) is 0.655. The van der Waals surface area contributed by atoms with Crippen LogP contribution in [0.25, 0.3) is 0 Å². The smallest absolute Gasteiger partial charge is 0.338 e. The Balaban J connectivity index is 2.67. The molecule has 1 aromatic heterocycles. The van der Waals surface area contributed by atoms with Crippen LogP contribution in [0.5, 0.6) is 5.95 Å². The first-order chi connectivity index (χ1) is 6.76. The monoisotopic (exact) mass is 196 g/mol. The molecule has 0 saturated heterocycles. The van der Waals surface area contributed by atoms with Crippen LogP contribution in [0, 0.1) is 0 Å². The Morgan fingerprint density at radius 1 is 1.36 bits per heavy atom. The summed E-state index contributed by atoms with van der Waals surface area (Å²) in [4.78, 5) is 11.1. The quantitative estimate of drug-likeness (QED) is 0.679. The third-order valence-corrected chi connectivity index (χ3v) is 2.08. The summed E-state index contributed by atoms with van der Waals surface area (Å²) in [5.74, 6) is 0.295. The van der Waals surface area contributed by atoms with E-state index in [1.807, 2.05) is 0 Å². The van der Waals surface area contributed by atoms with Gasteiger partial charge in [0.2, 0.25) is 0 Å². The fraction of sp³-hybridized carbons (Fsp3) is 0.545. The third-order valence-electron chi connectivity index (χ3n) is 2.08. The molecule has 1 rings (SSSR count). The Morgan fingerprint density at radius 3 is 2.79 bits per heavy atom. The number of hydrogen-bond donors (Lipinski definition) is 0. The molecule has 0 aromatic carbocycles. The molecule has 0 saturated carbocycles. The number of methoxy groups -OCH3 is 1. The van der Waals surface area contributed by atoms with Crippen LogP contribution in [0.1, 0.15) is 31.7 Å². The van der Waals surface area contributed by atoms with Gasteiger partial charge in [-0.2, -0.15) is 0 Å². The van der Waals surface area contributed by atoms with Crippen molar-refractivity contribution in [1.82, 2.24) is 0 Å². The Kier molecular flexibility index (Phi) is 4.23. The Bertz CT molecular complexity index is 328. The number of aryl methyl sites for hydroxylation is 1. The van der Waals surface area contributed by atoms with Gasteiger partial charge in [-0.05, 0) is 18.4 Å². The Hall–Kier alpha value is -1.25. The molecule has 0 aliphatic carbocycles. The maximum Gasteiger partial charge on any atom is 0.338 e. The lowest BCUT2D eigenvalue weighted by Crippen LogP contribution is -2.01. The summed E-state index contributed by atoms with van der Waals surface area (Å²) in [6.07, 6.45) is 4.38. The van der Waals surface area contributed by atoms with Gasteiger partial charge in [0.05, 0.1) is 7.11 Å². The molecule has 3 nitrogen and oxygen atoms in total. The standard InChI is InChI=1S/C11H16O3/c1-3-4-5-6-9-7-10(12)14-11(8-9)13-2/h7-8H,3-6H2,1-2H3. The van der Waals surface area contributed by atoms with E-state index in [-0.39, 0.29) is 5.63 Å². The average molecular weight is 196 g/mol. The number of unbranched alkanes of at least 4 members (excludes halogenated alkanes) is 2. The number of rotatable bonds is 5. The van der Waals surface area contributed by atoms with Crippen LogP contribution >= 0.6 is 0 Å². The molecule has 3 heteroatoms. The van der Waals surface area contributed by atoms with Crippen molar-refractivity contribution in [3.8, 4) is 5.95 Å². The van der Waals surface area contributed by atoms with Crippen molar-refractivity contribution in [1.29, 1.82) is 0 Å². The molecule has 1 heterocycles. The van der Waals surface area contributed by atoms with E-state index < -0.39 is 0 Å². The van der Waals surface area contributed by atoms with Crippen molar-refractivity contribution >= 4 is 0 Å². The highest BCUT2D eigenvalue weighted by Gasteiger charge is 2.00. The van der Waals surface area contributed by atoms with Crippen molar-refractivity contribution in [2.45, 2.75) is 32.6 Å². The molecule has 78 valence electrons. The maximum atomic E-state index is 11.1. The van der Waals surface area contributed by atoms with Crippen molar-refractivity contribution in [3.05, 3.63) is 28.1 Å². The predicted octanol–water partition coefficient (Wildman–Crippen LogP) is 2.38. The first kappa shape index (κ1) is 10.8. The summed E-state index contributed by atoms with van der Waals surface area (Å²) >= 11 is 0. The fourth-order valence-corrected chi connectivity index (χ4v) is 1.33. The van der Waals surface area contributed by atoms with Gasteiger partial charge in [0.15, 0.2) is 0 Å². The van der Waals surface area contributed by atoms with Gasteiger partial charge in [-0.15, -0.1) is 0 Å². The molecule has 0 spiro atoms. The van der Waals surface area contributed by atoms with Gasteiger partial charge in [0.25, 0.3) is 5.95 Å². The molecule has 14 heavy (non-hydrogen) atoms. The SMILES string of the molecule is CCCCCc1cc(OC)oc(=O)c1. The molecule has 1 aromatic rings. The van der Waals surface area contributed by atoms with Crippen LogP contribution < -0.4 is 10.4 Å². The molecule has 0 fully saturated rings. The highest BCUT2D eigenvalue weighted by atomic mass is 16.6. The normalized spacial score (nSPS) is 10.1. The van der Waals surface area contributed by atoms with E-state index in [0.717, 1.165) is 18.4 Å². The van der Waals surface area contributed by atoms with E-state index in [1.54, 1.807) is 6.07 Å². The van der Waals surface area contributed by atoms with Crippen LogP contribution in [0.4, 0.5) is 0 Å². The van der Waals surface area contributed by atoms with E-state index in [9.17, 15) is 4.79 Å². The summed E-state index contributed by atoms with van der Waals surface area (Å²) in [6.45, 7) is 2.15. The average Bonchev–Trinajstić information content (AvgIpc) is 2.17. The molecular formula is C11H16O3. The second-order valence-corrected chi connectivity index (χ2v) is 3.26. The zero-order valence-corrected chi connectivity index (χ0v) is 8.71. The zero-order chi connectivity index (χ0) is 10.4. The summed E-state index contributed by atoms with van der Waals surface area (Å²) in [6, 6.07) is 3.30. The van der Waals surface area contributed by atoms with Crippen LogP contribution in [0.3, 0.4) is 0 Å². The minimum Gasteiger partial charge on any atom is -0.468 e. The van der Waals surface area contributed by atoms with E-state index in [0.29, 0.717) is 5.95 Å². The molecule has 0 unspecified atom stereocenters. The number of hydrogen-bond acceptors (Lipinski definition) is 3. The lowest BCUT2D eigenvalue weighted by molar-refractivity contribution is 0.285. The van der Waals surface area contributed by atoms with Gasteiger partial charge in [-0.25, -0.2) is 4.79 Å². The van der Waals surface area contributed by atoms with Gasteiger partial charge in [-0.3, -0.25) is 0 Å². The molecular weight excluding hydrogens is 180 g/mol. The first-order valence-electron chi connectivity index (χ1n) is 4.94. The first-order valence-corrected chi connectivity index (χ1v) is 4.94. The highest BCUT2D eigenvalue weighted by Crippen LogP contribution is 2.12. The van der Waals surface area contributed by atoms with Crippen LogP contribution in [0.2, 0.25) is 0 Å². The number of ether oxygens (including phenoxy) is 1. The lowest BCUT2D eigenvalue weighted by atomic mass is 10.1. The van der Waals surface area contributed by atoms with Crippen LogP contribution in [-0.2, 0) is 6.42 Å². The fourth-order valence-electron chi connectivity index (χ4n) is 1.33. The van der Waals surface area contributed by atoms with Gasteiger partial charge < -0.3 is 9.15 Å². The van der Waals surface area contributed by atoms with E-state index >= 15 is 0 Å². The zero-order valence-electron chi connectivity index (χ0n) is 8.71. The van der Waals surface area contributed by atoms with Crippen LogP contribution in [0.15, 0.2) is 21.3 Å². The molecule has 0 amide bonds. The second-order valence-electron chi connectivity index (χ2n) is 3.26. The molecule has 0 bridgehead atoms. The van der Waals surface area contributed by atoms with E-state index in [4.69, 9.17) is 9.15 Å². The van der Waals surface area contributed by atoms with Gasteiger partial charge in [0, 0.05) is 12.1 Å². The molecule has 0 atom stereocenters. The molecule has 0 aliphatic heterocycles. The maximum absolute atomic E-state index is 11.1. The van der Waals surface area contributed by atoms with Crippen molar-refractivity contribution in [2.24, 2.45) is 0 Å². The predicted molar refractivity (Wildman–Crippen MR) is 54.8 cm³/mol. The van der Waals surface area contributed by atoms with Crippen molar-refractivity contribution in [3.63, 3.8) is 0 Å². The van der Waals surface area contributed by atoms with Crippen molar-refractivity contribution in [2.75, 3.05) is 7.11 Å². The Morgan fingerprint density at radius 2 is 2.14 bits per heavy atom. The highest BCUT2D eigenvalue weighted by molar-refractivity contribution is 5.17. The van der Waals surface area contributed by atoms with Crippen molar-refractivity contribution < 1.29 is 9.15 Å². The Labute approximate surface area is 83.7 Å². The molecule has 0 aliphatic rings. The largest absolute Gasteiger partial charge is 0.468 e. The third kappa shape index (κ3) is 3.24. The lowest BCUT2D eigenvalue weighted by Gasteiger charge is -2.01. The molecule has 0 radical (unpaired) electrons. The second kappa shape index (κ2) is 5.47. The summed E-state index contributed by atoms with van der Waals surface area (Å²) in [5, 5.41) is 0. The van der Waals surface area contributed by atoms with E-state index in [1.165, 1.54) is 26.0 Å². The minimum atomic E-state index is -0.337. The van der Waals surface area contributed by atoms with Gasteiger partial charge in [0.1, 0.15) is 0 Å². The molecule has 0 N–H and O–H groups in total. The van der Waals surface area contributed by atoms with Crippen LogP contribution in [-0.4, -0.2) is 7.11 Å².